The Balaban J connectivity index is 1.52. The van der Waals surface area contributed by atoms with E-state index < -0.39 is 0 Å². The Morgan fingerprint density at radius 2 is 1.66 bits per heavy atom. The third-order valence-electron chi connectivity index (χ3n) is 5.17. The molecular formula is C22H22Cl2N4O. The van der Waals surface area contributed by atoms with E-state index in [1.54, 1.807) is 10.7 Å². The smallest absolute Gasteiger partial charge is 0.272 e. The fourth-order valence-electron chi connectivity index (χ4n) is 3.58. The van der Waals surface area contributed by atoms with E-state index in [9.17, 15) is 4.79 Å². The largest absolute Gasteiger partial charge is 0.367 e. The highest BCUT2D eigenvalue weighted by Gasteiger charge is 2.26. The van der Waals surface area contributed by atoms with Crippen LogP contribution >= 0.6 is 23.2 Å². The number of hydrogen-bond acceptors (Lipinski definition) is 3. The summed E-state index contributed by atoms with van der Waals surface area (Å²) in [4.78, 5) is 17.3. The second-order valence-corrected chi connectivity index (χ2v) is 8.06. The van der Waals surface area contributed by atoms with Crippen LogP contribution in [0.15, 0.2) is 48.5 Å². The summed E-state index contributed by atoms with van der Waals surface area (Å²) in [6.07, 6.45) is 0. The van der Waals surface area contributed by atoms with E-state index in [1.165, 1.54) is 5.56 Å². The number of amides is 1. The minimum absolute atomic E-state index is 0.0111. The van der Waals surface area contributed by atoms with Gasteiger partial charge in [0.05, 0.1) is 27.1 Å². The van der Waals surface area contributed by atoms with E-state index in [2.05, 4.69) is 10.00 Å². The van der Waals surface area contributed by atoms with Crippen LogP contribution in [0.2, 0.25) is 10.0 Å². The van der Waals surface area contributed by atoms with Gasteiger partial charge in [-0.1, -0.05) is 47.0 Å². The first-order valence-electron chi connectivity index (χ1n) is 9.56. The second kappa shape index (κ2) is 8.09. The molecule has 0 radical (unpaired) electrons. The summed E-state index contributed by atoms with van der Waals surface area (Å²) >= 11 is 12.5. The van der Waals surface area contributed by atoms with Crippen molar-refractivity contribution in [2.45, 2.75) is 13.8 Å². The van der Waals surface area contributed by atoms with Crippen LogP contribution in [0.3, 0.4) is 0 Å². The summed E-state index contributed by atoms with van der Waals surface area (Å²) in [5, 5.41) is 5.64. The molecule has 1 aromatic heterocycles. The zero-order valence-corrected chi connectivity index (χ0v) is 17.9. The molecular weight excluding hydrogens is 407 g/mol. The predicted molar refractivity (Wildman–Crippen MR) is 118 cm³/mol. The number of nitrogens with zero attached hydrogens (tertiary/aromatic N) is 4. The van der Waals surface area contributed by atoms with Gasteiger partial charge in [0.25, 0.3) is 5.91 Å². The van der Waals surface area contributed by atoms with Crippen molar-refractivity contribution in [2.24, 2.45) is 0 Å². The average molecular weight is 429 g/mol. The summed E-state index contributed by atoms with van der Waals surface area (Å²) in [7, 11) is 0. The van der Waals surface area contributed by atoms with Crippen molar-refractivity contribution in [3.8, 4) is 5.69 Å². The molecule has 2 heterocycles. The Morgan fingerprint density at radius 3 is 2.34 bits per heavy atom. The van der Waals surface area contributed by atoms with Gasteiger partial charge in [0.1, 0.15) is 5.69 Å². The molecule has 7 heteroatoms. The molecule has 1 aliphatic heterocycles. The molecule has 0 bridgehead atoms. The van der Waals surface area contributed by atoms with Crippen LogP contribution in [0.4, 0.5) is 5.69 Å². The number of carbonyl (C=O) groups excluding carboxylic acids is 1. The van der Waals surface area contributed by atoms with Gasteiger partial charge in [-0.15, -0.1) is 0 Å². The minimum Gasteiger partial charge on any atom is -0.367 e. The first-order valence-corrected chi connectivity index (χ1v) is 10.3. The Kier molecular flexibility index (Phi) is 5.52. The number of aryl methyl sites for hydroxylation is 2. The van der Waals surface area contributed by atoms with E-state index in [0.29, 0.717) is 41.9 Å². The SMILES string of the molecule is Cc1ccc(-n2nc(C)cc2C(=O)N2CCN(c3cccc(Cl)c3Cl)CC2)cc1. The molecule has 1 amide bonds. The van der Waals surface area contributed by atoms with Crippen molar-refractivity contribution in [1.82, 2.24) is 14.7 Å². The van der Waals surface area contributed by atoms with Crippen LogP contribution in [-0.4, -0.2) is 46.8 Å². The molecule has 2 aromatic carbocycles. The molecule has 29 heavy (non-hydrogen) atoms. The van der Waals surface area contributed by atoms with Crippen LogP contribution in [0.25, 0.3) is 5.69 Å². The zero-order valence-electron chi connectivity index (χ0n) is 16.4. The average Bonchev–Trinajstić information content (AvgIpc) is 3.12. The van der Waals surface area contributed by atoms with Gasteiger partial charge in [-0.2, -0.15) is 5.10 Å². The highest BCUT2D eigenvalue weighted by molar-refractivity contribution is 6.43. The lowest BCUT2D eigenvalue weighted by Gasteiger charge is -2.36. The quantitative estimate of drug-likeness (QED) is 0.603. The Bertz CT molecular complexity index is 1040. The maximum atomic E-state index is 13.2. The summed E-state index contributed by atoms with van der Waals surface area (Å²) < 4.78 is 1.73. The standard InChI is InChI=1S/C22H22Cl2N4O/c1-15-6-8-17(9-7-15)28-20(14-16(2)25-28)22(29)27-12-10-26(11-13-27)19-5-3-4-18(23)21(19)24/h3-9,14H,10-13H2,1-2H3. The number of aromatic nitrogens is 2. The number of hydrogen-bond donors (Lipinski definition) is 0. The van der Waals surface area contributed by atoms with E-state index in [4.69, 9.17) is 23.2 Å². The first kappa shape index (κ1) is 19.8. The fraction of sp³-hybridized carbons (Fsp3) is 0.273. The van der Waals surface area contributed by atoms with Crippen LogP contribution in [0, 0.1) is 13.8 Å². The number of piperazine rings is 1. The van der Waals surface area contributed by atoms with Crippen molar-refractivity contribution >= 4 is 34.8 Å². The third kappa shape index (κ3) is 3.98. The van der Waals surface area contributed by atoms with Gasteiger partial charge in [0.15, 0.2) is 0 Å². The molecule has 0 saturated carbocycles. The number of rotatable bonds is 3. The van der Waals surface area contributed by atoms with Crippen LogP contribution in [0.5, 0.6) is 0 Å². The molecule has 0 N–H and O–H groups in total. The van der Waals surface area contributed by atoms with Crippen LogP contribution in [0.1, 0.15) is 21.7 Å². The molecule has 5 nitrogen and oxygen atoms in total. The highest BCUT2D eigenvalue weighted by atomic mass is 35.5. The highest BCUT2D eigenvalue weighted by Crippen LogP contribution is 2.33. The van der Waals surface area contributed by atoms with Gasteiger partial charge >= 0.3 is 0 Å². The van der Waals surface area contributed by atoms with E-state index in [1.807, 2.05) is 61.2 Å². The van der Waals surface area contributed by atoms with Gasteiger partial charge in [-0.05, 0) is 44.2 Å². The van der Waals surface area contributed by atoms with Crippen LogP contribution in [-0.2, 0) is 0 Å². The fourth-order valence-corrected chi connectivity index (χ4v) is 4.00. The Hall–Kier alpha value is -2.50. The third-order valence-corrected chi connectivity index (χ3v) is 5.98. The maximum absolute atomic E-state index is 13.2. The van der Waals surface area contributed by atoms with Crippen molar-refractivity contribution in [3.63, 3.8) is 0 Å². The minimum atomic E-state index is -0.0111. The lowest BCUT2D eigenvalue weighted by Crippen LogP contribution is -2.49. The number of benzene rings is 2. The van der Waals surface area contributed by atoms with Crippen LogP contribution < -0.4 is 4.90 Å². The second-order valence-electron chi connectivity index (χ2n) is 7.27. The van der Waals surface area contributed by atoms with E-state index >= 15 is 0 Å². The molecule has 150 valence electrons. The van der Waals surface area contributed by atoms with Gasteiger partial charge < -0.3 is 9.80 Å². The van der Waals surface area contributed by atoms with Crippen molar-refractivity contribution in [2.75, 3.05) is 31.1 Å². The summed E-state index contributed by atoms with van der Waals surface area (Å²) in [5.41, 5.74) is 4.36. The molecule has 0 atom stereocenters. The Morgan fingerprint density at radius 1 is 0.966 bits per heavy atom. The van der Waals surface area contributed by atoms with Gasteiger partial charge in [-0.3, -0.25) is 4.79 Å². The van der Waals surface area contributed by atoms with Crippen molar-refractivity contribution in [3.05, 3.63) is 75.5 Å². The predicted octanol–water partition coefficient (Wildman–Crippen LogP) is 4.76. The molecule has 0 unspecified atom stereocenters. The van der Waals surface area contributed by atoms with E-state index in [0.717, 1.165) is 17.1 Å². The van der Waals surface area contributed by atoms with E-state index in [-0.39, 0.29) is 5.91 Å². The lowest BCUT2D eigenvalue weighted by atomic mass is 10.2. The number of halogens is 2. The molecule has 3 aromatic rings. The zero-order chi connectivity index (χ0) is 20.5. The van der Waals surface area contributed by atoms with Crippen molar-refractivity contribution in [1.29, 1.82) is 0 Å². The molecule has 0 spiro atoms. The first-order chi connectivity index (χ1) is 13.9. The number of carbonyl (C=O) groups is 1. The maximum Gasteiger partial charge on any atom is 0.272 e. The molecule has 4 rings (SSSR count). The van der Waals surface area contributed by atoms with Gasteiger partial charge in [0.2, 0.25) is 0 Å². The molecule has 0 aliphatic carbocycles. The van der Waals surface area contributed by atoms with Gasteiger partial charge in [-0.25, -0.2) is 4.68 Å². The molecule has 1 fully saturated rings. The topological polar surface area (TPSA) is 41.4 Å². The molecule has 1 saturated heterocycles. The summed E-state index contributed by atoms with van der Waals surface area (Å²) in [5.74, 6) is -0.0111. The normalized spacial score (nSPS) is 14.3. The lowest BCUT2D eigenvalue weighted by molar-refractivity contribution is 0.0737. The summed E-state index contributed by atoms with van der Waals surface area (Å²) in [6.45, 7) is 6.56. The molecule has 1 aliphatic rings. The van der Waals surface area contributed by atoms with Gasteiger partial charge in [0, 0.05) is 26.2 Å². The Labute approximate surface area is 180 Å². The van der Waals surface area contributed by atoms with Crippen molar-refractivity contribution < 1.29 is 4.79 Å². The number of anilines is 1. The monoisotopic (exact) mass is 428 g/mol. The summed E-state index contributed by atoms with van der Waals surface area (Å²) in [6, 6.07) is 15.5.